The molecule has 3 aromatic rings. The van der Waals surface area contributed by atoms with E-state index in [4.69, 9.17) is 0 Å². The Labute approximate surface area is 140 Å². The van der Waals surface area contributed by atoms with E-state index in [1.54, 1.807) is 11.3 Å². The summed E-state index contributed by atoms with van der Waals surface area (Å²) in [5.74, 6) is 1.45. The molecule has 1 aromatic carbocycles. The van der Waals surface area contributed by atoms with Crippen molar-refractivity contribution in [3.8, 4) is 0 Å². The van der Waals surface area contributed by atoms with Crippen LogP contribution in [-0.4, -0.2) is 21.5 Å². The van der Waals surface area contributed by atoms with E-state index in [0.717, 1.165) is 33.6 Å². The fourth-order valence-electron chi connectivity index (χ4n) is 1.86. The topological polar surface area (TPSA) is 62.7 Å². The highest BCUT2D eigenvalue weighted by molar-refractivity contribution is 14.1. The Morgan fingerprint density at radius 2 is 2.19 bits per heavy atom. The molecule has 2 heterocycles. The van der Waals surface area contributed by atoms with Crippen LogP contribution in [0.2, 0.25) is 0 Å². The summed E-state index contributed by atoms with van der Waals surface area (Å²) in [4.78, 5) is 13.2. The maximum absolute atomic E-state index is 4.51. The Kier molecular flexibility index (Phi) is 4.49. The molecule has 108 valence electrons. The molecule has 5 nitrogen and oxygen atoms in total. The van der Waals surface area contributed by atoms with E-state index >= 15 is 0 Å². The summed E-state index contributed by atoms with van der Waals surface area (Å²) in [5, 5.41) is 6.53. The minimum Gasteiger partial charge on any atom is -0.369 e. The van der Waals surface area contributed by atoms with Gasteiger partial charge >= 0.3 is 0 Å². The Balaban J connectivity index is 1.83. The fraction of sp³-hybridized carbons (Fsp3) is 0.214. The van der Waals surface area contributed by atoms with Crippen LogP contribution in [0.3, 0.4) is 0 Å². The van der Waals surface area contributed by atoms with Gasteiger partial charge in [-0.25, -0.2) is 9.97 Å². The standard InChI is InChI=1S/C14H14IN5S/c1-2-5-16-13-10(15)7-17-14(20-13)19-9-3-4-12-11(6-9)18-8-21-12/h3-4,6-8H,2,5H2,1H3,(H2,16,17,19,20). The van der Waals surface area contributed by atoms with Crippen molar-refractivity contribution in [2.45, 2.75) is 13.3 Å². The second-order valence-electron chi connectivity index (χ2n) is 4.48. The summed E-state index contributed by atoms with van der Waals surface area (Å²) in [6, 6.07) is 6.07. The molecule has 3 rings (SSSR count). The minimum atomic E-state index is 0.587. The van der Waals surface area contributed by atoms with E-state index < -0.39 is 0 Å². The number of halogens is 1. The maximum atomic E-state index is 4.51. The molecule has 0 saturated carbocycles. The van der Waals surface area contributed by atoms with Gasteiger partial charge in [-0.1, -0.05) is 6.92 Å². The SMILES string of the molecule is CCCNc1nc(Nc2ccc3scnc3c2)ncc1I. The highest BCUT2D eigenvalue weighted by Crippen LogP contribution is 2.24. The average Bonchev–Trinajstić information content (AvgIpc) is 2.95. The average molecular weight is 411 g/mol. The minimum absolute atomic E-state index is 0.587. The van der Waals surface area contributed by atoms with E-state index in [0.29, 0.717) is 5.95 Å². The zero-order chi connectivity index (χ0) is 14.7. The molecule has 0 fully saturated rings. The van der Waals surface area contributed by atoms with Crippen LogP contribution in [0.4, 0.5) is 17.5 Å². The van der Waals surface area contributed by atoms with Gasteiger partial charge in [-0.2, -0.15) is 4.98 Å². The van der Waals surface area contributed by atoms with Gasteiger partial charge in [0, 0.05) is 18.4 Å². The van der Waals surface area contributed by atoms with Crippen LogP contribution in [0.15, 0.2) is 29.9 Å². The molecule has 0 atom stereocenters. The lowest BCUT2D eigenvalue weighted by Crippen LogP contribution is -2.06. The number of anilines is 3. The Morgan fingerprint density at radius 3 is 3.05 bits per heavy atom. The molecule has 0 radical (unpaired) electrons. The molecule has 21 heavy (non-hydrogen) atoms. The third kappa shape index (κ3) is 3.41. The first-order chi connectivity index (χ1) is 10.3. The lowest BCUT2D eigenvalue weighted by Gasteiger charge is -2.09. The van der Waals surface area contributed by atoms with Crippen LogP contribution in [0.5, 0.6) is 0 Å². The van der Waals surface area contributed by atoms with Gasteiger partial charge in [-0.3, -0.25) is 0 Å². The second-order valence-corrected chi connectivity index (χ2v) is 6.53. The van der Waals surface area contributed by atoms with Crippen molar-refractivity contribution >= 4 is 61.6 Å². The normalized spacial score (nSPS) is 10.8. The van der Waals surface area contributed by atoms with E-state index in [1.807, 2.05) is 23.8 Å². The summed E-state index contributed by atoms with van der Waals surface area (Å²) in [5.41, 5.74) is 3.78. The fourth-order valence-corrected chi connectivity index (χ4v) is 2.97. The monoisotopic (exact) mass is 411 g/mol. The van der Waals surface area contributed by atoms with Gasteiger partial charge < -0.3 is 10.6 Å². The molecule has 7 heteroatoms. The quantitative estimate of drug-likeness (QED) is 0.615. The van der Waals surface area contributed by atoms with Crippen molar-refractivity contribution in [2.24, 2.45) is 0 Å². The molecule has 0 spiro atoms. The first-order valence-electron chi connectivity index (χ1n) is 6.63. The predicted octanol–water partition coefficient (Wildman–Crippen LogP) is 4.26. The molecular weight excluding hydrogens is 397 g/mol. The van der Waals surface area contributed by atoms with Gasteiger partial charge in [0.25, 0.3) is 0 Å². The summed E-state index contributed by atoms with van der Waals surface area (Å²) in [6.07, 6.45) is 2.87. The molecular formula is C14H14IN5S. The largest absolute Gasteiger partial charge is 0.369 e. The zero-order valence-corrected chi connectivity index (χ0v) is 14.4. The van der Waals surface area contributed by atoms with Crippen LogP contribution >= 0.6 is 33.9 Å². The lowest BCUT2D eigenvalue weighted by molar-refractivity contribution is 0.963. The predicted molar refractivity (Wildman–Crippen MR) is 96.4 cm³/mol. The number of benzene rings is 1. The molecule has 0 saturated heterocycles. The van der Waals surface area contributed by atoms with E-state index in [-0.39, 0.29) is 0 Å². The summed E-state index contributed by atoms with van der Waals surface area (Å²) >= 11 is 3.87. The van der Waals surface area contributed by atoms with Crippen molar-refractivity contribution in [3.05, 3.63) is 33.5 Å². The van der Waals surface area contributed by atoms with E-state index in [1.165, 1.54) is 4.70 Å². The van der Waals surface area contributed by atoms with Gasteiger partial charge in [0.05, 0.1) is 19.3 Å². The first-order valence-corrected chi connectivity index (χ1v) is 8.59. The number of thiazole rings is 1. The van der Waals surface area contributed by atoms with E-state index in [2.05, 4.69) is 61.2 Å². The van der Waals surface area contributed by atoms with Gasteiger partial charge in [0.1, 0.15) is 5.82 Å². The third-order valence-corrected chi connectivity index (χ3v) is 4.47. The van der Waals surface area contributed by atoms with Crippen LogP contribution in [0.25, 0.3) is 10.2 Å². The van der Waals surface area contributed by atoms with Crippen molar-refractivity contribution in [1.29, 1.82) is 0 Å². The number of hydrogen-bond donors (Lipinski definition) is 2. The van der Waals surface area contributed by atoms with Crippen LogP contribution in [0.1, 0.15) is 13.3 Å². The molecule has 0 aliphatic rings. The number of rotatable bonds is 5. The number of nitrogens with one attached hydrogen (secondary N) is 2. The van der Waals surface area contributed by atoms with Gasteiger partial charge in [0.15, 0.2) is 0 Å². The Hall–Kier alpha value is -1.48. The molecule has 0 unspecified atom stereocenters. The lowest BCUT2D eigenvalue weighted by atomic mass is 10.3. The summed E-state index contributed by atoms with van der Waals surface area (Å²) < 4.78 is 2.19. The van der Waals surface area contributed by atoms with Crippen molar-refractivity contribution < 1.29 is 0 Å². The smallest absolute Gasteiger partial charge is 0.229 e. The van der Waals surface area contributed by atoms with Gasteiger partial charge in [0.2, 0.25) is 5.95 Å². The first kappa shape index (κ1) is 14.5. The highest BCUT2D eigenvalue weighted by Gasteiger charge is 2.05. The van der Waals surface area contributed by atoms with Crippen LogP contribution in [-0.2, 0) is 0 Å². The summed E-state index contributed by atoms with van der Waals surface area (Å²) in [7, 11) is 0. The van der Waals surface area contributed by atoms with Crippen molar-refractivity contribution in [2.75, 3.05) is 17.2 Å². The van der Waals surface area contributed by atoms with Gasteiger partial charge in [-0.15, -0.1) is 11.3 Å². The van der Waals surface area contributed by atoms with E-state index in [9.17, 15) is 0 Å². The Bertz CT molecular complexity index is 758. The third-order valence-electron chi connectivity index (χ3n) is 2.87. The van der Waals surface area contributed by atoms with Crippen molar-refractivity contribution in [1.82, 2.24) is 15.0 Å². The number of nitrogens with zero attached hydrogens (tertiary/aromatic N) is 3. The molecule has 0 bridgehead atoms. The zero-order valence-electron chi connectivity index (χ0n) is 11.4. The van der Waals surface area contributed by atoms with Crippen molar-refractivity contribution in [3.63, 3.8) is 0 Å². The molecule has 0 aliphatic carbocycles. The molecule has 2 aromatic heterocycles. The number of aromatic nitrogens is 3. The van der Waals surface area contributed by atoms with Gasteiger partial charge in [-0.05, 0) is 47.2 Å². The van der Waals surface area contributed by atoms with Crippen LogP contribution in [0, 0.1) is 3.57 Å². The van der Waals surface area contributed by atoms with Crippen LogP contribution < -0.4 is 10.6 Å². The molecule has 0 aliphatic heterocycles. The number of fused-ring (bicyclic) bond motifs is 1. The highest BCUT2D eigenvalue weighted by atomic mass is 127. The maximum Gasteiger partial charge on any atom is 0.229 e. The summed E-state index contributed by atoms with van der Waals surface area (Å²) in [6.45, 7) is 3.03. The molecule has 0 amide bonds. The number of hydrogen-bond acceptors (Lipinski definition) is 6. The second kappa shape index (κ2) is 6.52. The molecule has 2 N–H and O–H groups in total. The Morgan fingerprint density at radius 1 is 1.29 bits per heavy atom.